The molecule has 0 radical (unpaired) electrons. The molecule has 0 aromatic heterocycles. The molecule has 1 saturated carbocycles. The van der Waals surface area contributed by atoms with E-state index in [4.69, 9.17) is 0 Å². The Morgan fingerprint density at radius 1 is 1.33 bits per heavy atom. The number of hydrogen-bond donors (Lipinski definition) is 0. The summed E-state index contributed by atoms with van der Waals surface area (Å²) in [6.07, 6.45) is 3.10. The highest BCUT2D eigenvalue weighted by molar-refractivity contribution is 9.09. The predicted octanol–water partition coefficient (Wildman–Crippen LogP) is 3.35. The smallest absolute Gasteiger partial charge is 0.254 e. The van der Waals surface area contributed by atoms with E-state index < -0.39 is 11.6 Å². The molecule has 1 aliphatic carbocycles. The van der Waals surface area contributed by atoms with Crippen LogP contribution in [0, 0.1) is 11.6 Å². The van der Waals surface area contributed by atoms with Gasteiger partial charge in [-0.3, -0.25) is 4.79 Å². The molecular weight excluding hydrogens is 304 g/mol. The molecule has 98 valence electrons. The number of benzene rings is 1. The summed E-state index contributed by atoms with van der Waals surface area (Å²) in [4.78, 5) is 14.0. The van der Waals surface area contributed by atoms with E-state index in [9.17, 15) is 13.6 Å². The van der Waals surface area contributed by atoms with Crippen molar-refractivity contribution in [2.75, 3.05) is 11.9 Å². The number of nitrogens with zero attached hydrogens (tertiary/aromatic N) is 1. The minimum atomic E-state index is -0.978. The second-order valence-corrected chi connectivity index (χ2v) is 5.19. The van der Waals surface area contributed by atoms with Crippen LogP contribution in [0.15, 0.2) is 18.2 Å². The van der Waals surface area contributed by atoms with Crippen LogP contribution < -0.4 is 0 Å². The molecule has 5 heteroatoms. The second kappa shape index (κ2) is 5.78. The summed E-state index contributed by atoms with van der Waals surface area (Å²) >= 11 is 3.31. The maximum absolute atomic E-state index is 13.1. The van der Waals surface area contributed by atoms with Gasteiger partial charge in [-0.05, 0) is 37.5 Å². The first-order valence-corrected chi connectivity index (χ1v) is 7.07. The number of halogens is 3. The molecule has 0 atom stereocenters. The van der Waals surface area contributed by atoms with Gasteiger partial charge < -0.3 is 4.90 Å². The average molecular weight is 318 g/mol. The van der Waals surface area contributed by atoms with E-state index >= 15 is 0 Å². The highest BCUT2D eigenvalue weighted by Gasteiger charge is 2.29. The average Bonchev–Trinajstić information content (AvgIpc) is 2.29. The van der Waals surface area contributed by atoms with Gasteiger partial charge in [0.05, 0.1) is 0 Å². The molecule has 0 spiro atoms. The molecule has 18 heavy (non-hydrogen) atoms. The van der Waals surface area contributed by atoms with Crippen molar-refractivity contribution in [2.24, 2.45) is 0 Å². The van der Waals surface area contributed by atoms with Gasteiger partial charge in [0.25, 0.3) is 5.91 Å². The van der Waals surface area contributed by atoms with E-state index in [1.807, 2.05) is 0 Å². The fraction of sp³-hybridized carbons (Fsp3) is 0.462. The van der Waals surface area contributed by atoms with E-state index in [2.05, 4.69) is 15.9 Å². The van der Waals surface area contributed by atoms with Gasteiger partial charge in [-0.25, -0.2) is 8.78 Å². The molecule has 2 rings (SSSR count). The third-order valence-electron chi connectivity index (χ3n) is 3.27. The molecular formula is C13H14BrF2NO. The van der Waals surface area contributed by atoms with Gasteiger partial charge >= 0.3 is 0 Å². The van der Waals surface area contributed by atoms with Gasteiger partial charge in [-0.15, -0.1) is 0 Å². The van der Waals surface area contributed by atoms with Crippen LogP contribution in [-0.2, 0) is 0 Å². The van der Waals surface area contributed by atoms with Crippen LogP contribution in [0.1, 0.15) is 29.6 Å². The number of carbonyl (C=O) groups is 1. The lowest BCUT2D eigenvalue weighted by atomic mass is 9.91. The summed E-state index contributed by atoms with van der Waals surface area (Å²) in [6.45, 7) is 0.586. The van der Waals surface area contributed by atoms with Crippen molar-refractivity contribution in [1.82, 2.24) is 4.90 Å². The standard InChI is InChI=1S/C13H14BrF2NO/c14-6-7-17(10-2-1-3-10)13(18)9-4-5-11(15)12(16)8-9/h4-5,8,10H,1-3,6-7H2. The molecule has 2 nitrogen and oxygen atoms in total. The largest absolute Gasteiger partial charge is 0.335 e. The van der Waals surface area contributed by atoms with Crippen molar-refractivity contribution < 1.29 is 13.6 Å². The van der Waals surface area contributed by atoms with Crippen LogP contribution in [0.25, 0.3) is 0 Å². The summed E-state index contributed by atoms with van der Waals surface area (Å²) in [5.41, 5.74) is 0.210. The highest BCUT2D eigenvalue weighted by Crippen LogP contribution is 2.26. The van der Waals surface area contributed by atoms with Gasteiger partial charge in [0.15, 0.2) is 11.6 Å². The number of hydrogen-bond acceptors (Lipinski definition) is 1. The SMILES string of the molecule is O=C(c1ccc(F)c(F)c1)N(CCBr)C1CCC1. The first-order chi connectivity index (χ1) is 8.63. The lowest BCUT2D eigenvalue weighted by Crippen LogP contribution is -2.45. The van der Waals surface area contributed by atoms with E-state index in [-0.39, 0.29) is 17.5 Å². The molecule has 1 amide bonds. The number of rotatable bonds is 4. The second-order valence-electron chi connectivity index (χ2n) is 4.40. The van der Waals surface area contributed by atoms with Crippen LogP contribution in [0.4, 0.5) is 8.78 Å². The van der Waals surface area contributed by atoms with Crippen LogP contribution in [0.3, 0.4) is 0 Å². The molecule has 0 saturated heterocycles. The molecule has 1 aliphatic rings. The quantitative estimate of drug-likeness (QED) is 0.780. The van der Waals surface area contributed by atoms with E-state index in [0.29, 0.717) is 11.9 Å². The topological polar surface area (TPSA) is 20.3 Å². The van der Waals surface area contributed by atoms with E-state index in [1.165, 1.54) is 6.07 Å². The predicted molar refractivity (Wildman–Crippen MR) is 68.8 cm³/mol. The maximum Gasteiger partial charge on any atom is 0.254 e. The first kappa shape index (κ1) is 13.5. The Labute approximate surface area is 113 Å². The minimum Gasteiger partial charge on any atom is -0.335 e. The fourth-order valence-corrected chi connectivity index (χ4v) is 2.42. The summed E-state index contributed by atoms with van der Waals surface area (Å²) in [7, 11) is 0. The lowest BCUT2D eigenvalue weighted by Gasteiger charge is -2.37. The van der Waals surface area contributed by atoms with Gasteiger partial charge in [-0.1, -0.05) is 15.9 Å². The molecule has 0 aliphatic heterocycles. The zero-order valence-corrected chi connectivity index (χ0v) is 11.4. The summed E-state index contributed by atoms with van der Waals surface area (Å²) in [6, 6.07) is 3.54. The minimum absolute atomic E-state index is 0.210. The Morgan fingerprint density at radius 3 is 2.56 bits per heavy atom. The van der Waals surface area contributed by atoms with Crippen LogP contribution in [-0.4, -0.2) is 28.7 Å². The third kappa shape index (κ3) is 2.71. The summed E-state index contributed by atoms with van der Waals surface area (Å²) in [5, 5.41) is 0.679. The zero-order chi connectivity index (χ0) is 13.1. The van der Waals surface area contributed by atoms with Crippen molar-refractivity contribution in [1.29, 1.82) is 0 Å². The molecule has 0 N–H and O–H groups in total. The van der Waals surface area contributed by atoms with Gasteiger partial charge in [0.2, 0.25) is 0 Å². The molecule has 1 fully saturated rings. The molecule has 0 unspecified atom stereocenters. The van der Waals surface area contributed by atoms with Gasteiger partial charge in [0.1, 0.15) is 0 Å². The Balaban J connectivity index is 2.18. The van der Waals surface area contributed by atoms with E-state index in [1.54, 1.807) is 4.90 Å². The fourth-order valence-electron chi connectivity index (χ4n) is 2.03. The van der Waals surface area contributed by atoms with Crippen molar-refractivity contribution in [2.45, 2.75) is 25.3 Å². The van der Waals surface area contributed by atoms with Gasteiger partial charge in [-0.2, -0.15) is 0 Å². The number of carbonyl (C=O) groups excluding carboxylic acids is 1. The zero-order valence-electron chi connectivity index (χ0n) is 9.83. The normalized spacial score (nSPS) is 15.3. The van der Waals surface area contributed by atoms with Crippen molar-refractivity contribution in [3.8, 4) is 0 Å². The number of alkyl halides is 1. The molecule has 1 aromatic rings. The Bertz CT molecular complexity index is 449. The van der Waals surface area contributed by atoms with Crippen LogP contribution >= 0.6 is 15.9 Å². The summed E-state index contributed by atoms with van der Waals surface area (Å²) < 4.78 is 26.0. The first-order valence-electron chi connectivity index (χ1n) is 5.95. The van der Waals surface area contributed by atoms with E-state index in [0.717, 1.165) is 31.4 Å². The van der Waals surface area contributed by atoms with Crippen LogP contribution in [0.5, 0.6) is 0 Å². The third-order valence-corrected chi connectivity index (χ3v) is 3.62. The molecule has 0 heterocycles. The summed E-state index contributed by atoms with van der Waals surface area (Å²) in [5.74, 6) is -2.13. The van der Waals surface area contributed by atoms with Crippen molar-refractivity contribution in [3.05, 3.63) is 35.4 Å². The Kier molecular flexibility index (Phi) is 4.32. The number of amides is 1. The lowest BCUT2D eigenvalue weighted by molar-refractivity contribution is 0.0599. The molecule has 1 aromatic carbocycles. The monoisotopic (exact) mass is 317 g/mol. The van der Waals surface area contributed by atoms with Crippen LogP contribution in [0.2, 0.25) is 0 Å². The van der Waals surface area contributed by atoms with Gasteiger partial charge in [0, 0.05) is 23.5 Å². The Morgan fingerprint density at radius 2 is 2.06 bits per heavy atom. The molecule has 0 bridgehead atoms. The Hall–Kier alpha value is -0.970. The maximum atomic E-state index is 13.1. The van der Waals surface area contributed by atoms with Crippen molar-refractivity contribution >= 4 is 21.8 Å². The van der Waals surface area contributed by atoms with Crippen molar-refractivity contribution in [3.63, 3.8) is 0 Å². The highest BCUT2D eigenvalue weighted by atomic mass is 79.9.